The predicted molar refractivity (Wildman–Crippen MR) is 73.0 cm³/mol. The molecular weight excluding hydrogens is 228 g/mol. The van der Waals surface area contributed by atoms with Crippen molar-refractivity contribution in [1.29, 1.82) is 0 Å². The molecule has 1 atom stereocenters. The van der Waals surface area contributed by atoms with Gasteiger partial charge < -0.3 is 14.8 Å². The molecule has 0 aliphatic carbocycles. The lowest BCUT2D eigenvalue weighted by molar-refractivity contribution is 0.322. The number of aromatic nitrogens is 2. The number of nitrogens with zero attached hydrogens (tertiary/aromatic N) is 3. The van der Waals surface area contributed by atoms with Crippen LogP contribution < -0.4 is 10.9 Å². The van der Waals surface area contributed by atoms with E-state index >= 15 is 0 Å². The van der Waals surface area contributed by atoms with Crippen molar-refractivity contribution in [2.75, 3.05) is 25.5 Å². The molecule has 18 heavy (non-hydrogen) atoms. The van der Waals surface area contributed by atoms with Crippen molar-refractivity contribution in [3.63, 3.8) is 0 Å². The highest BCUT2D eigenvalue weighted by Gasteiger charge is 2.20. The Bertz CT molecular complexity index is 455. The van der Waals surface area contributed by atoms with E-state index < -0.39 is 0 Å². The standard InChI is InChI=1S/C13H22N4O/c1-10(2)17-8-6-14-12(13(17)18)15-9-11-5-4-7-16(11)3/h6,8,10-11H,4-5,7,9H2,1-3H3,(H,14,15). The molecule has 0 saturated carbocycles. The van der Waals surface area contributed by atoms with E-state index in [4.69, 9.17) is 0 Å². The molecule has 1 N–H and O–H groups in total. The normalized spacial score (nSPS) is 20.6. The van der Waals surface area contributed by atoms with Crippen LogP contribution in [0.15, 0.2) is 17.2 Å². The smallest absolute Gasteiger partial charge is 0.293 e. The zero-order valence-electron chi connectivity index (χ0n) is 11.4. The Hall–Kier alpha value is -1.36. The Labute approximate surface area is 108 Å². The molecule has 0 radical (unpaired) electrons. The van der Waals surface area contributed by atoms with Crippen molar-refractivity contribution in [2.24, 2.45) is 0 Å². The summed E-state index contributed by atoms with van der Waals surface area (Å²) < 4.78 is 1.70. The number of likely N-dealkylation sites (N-methyl/N-ethyl adjacent to an activating group) is 1. The maximum absolute atomic E-state index is 12.1. The summed E-state index contributed by atoms with van der Waals surface area (Å²) in [5.74, 6) is 0.464. The van der Waals surface area contributed by atoms with Gasteiger partial charge in [0.2, 0.25) is 0 Å². The molecule has 0 spiro atoms. The number of hydrogen-bond donors (Lipinski definition) is 1. The summed E-state index contributed by atoms with van der Waals surface area (Å²) in [7, 11) is 2.13. The number of rotatable bonds is 4. The molecule has 1 aromatic rings. The lowest BCUT2D eigenvalue weighted by Crippen LogP contribution is -2.34. The molecule has 0 amide bonds. The van der Waals surface area contributed by atoms with Crippen LogP contribution in [0.5, 0.6) is 0 Å². The van der Waals surface area contributed by atoms with Gasteiger partial charge in [0, 0.05) is 31.0 Å². The lowest BCUT2D eigenvalue weighted by Gasteiger charge is -2.20. The van der Waals surface area contributed by atoms with Gasteiger partial charge in [-0.3, -0.25) is 4.79 Å². The van der Waals surface area contributed by atoms with Crippen LogP contribution in [0.1, 0.15) is 32.7 Å². The number of anilines is 1. The van der Waals surface area contributed by atoms with E-state index in [2.05, 4.69) is 22.2 Å². The topological polar surface area (TPSA) is 50.2 Å². The molecule has 1 unspecified atom stereocenters. The second-order valence-electron chi connectivity index (χ2n) is 5.24. The maximum Gasteiger partial charge on any atom is 0.293 e. The molecule has 1 saturated heterocycles. The van der Waals surface area contributed by atoms with Gasteiger partial charge in [0.05, 0.1) is 0 Å². The molecule has 100 valence electrons. The lowest BCUT2D eigenvalue weighted by atomic mass is 10.2. The number of likely N-dealkylation sites (tertiary alicyclic amines) is 1. The molecular formula is C13H22N4O. The summed E-state index contributed by atoms with van der Waals surface area (Å²) in [4.78, 5) is 18.6. The van der Waals surface area contributed by atoms with Crippen molar-refractivity contribution in [3.8, 4) is 0 Å². The molecule has 1 aromatic heterocycles. The van der Waals surface area contributed by atoms with Crippen molar-refractivity contribution in [3.05, 3.63) is 22.7 Å². The Balaban J connectivity index is 2.05. The summed E-state index contributed by atoms with van der Waals surface area (Å²) >= 11 is 0. The van der Waals surface area contributed by atoms with E-state index in [0.29, 0.717) is 11.9 Å². The van der Waals surface area contributed by atoms with Crippen LogP contribution >= 0.6 is 0 Å². The fourth-order valence-corrected chi connectivity index (χ4v) is 2.40. The molecule has 5 nitrogen and oxygen atoms in total. The highest BCUT2D eigenvalue weighted by molar-refractivity contribution is 5.31. The van der Waals surface area contributed by atoms with Gasteiger partial charge in [-0.2, -0.15) is 0 Å². The second kappa shape index (κ2) is 5.52. The third kappa shape index (κ3) is 2.72. The molecule has 2 heterocycles. The SMILES string of the molecule is CC(C)n1ccnc(NCC2CCCN2C)c1=O. The first kappa shape index (κ1) is 13.1. The van der Waals surface area contributed by atoms with Crippen molar-refractivity contribution >= 4 is 5.82 Å². The van der Waals surface area contributed by atoms with Gasteiger partial charge in [-0.25, -0.2) is 4.98 Å². The first-order valence-electron chi connectivity index (χ1n) is 6.61. The predicted octanol–water partition coefficient (Wildman–Crippen LogP) is 1.33. The molecule has 0 bridgehead atoms. The molecule has 1 aliphatic rings. The minimum Gasteiger partial charge on any atom is -0.364 e. The van der Waals surface area contributed by atoms with Gasteiger partial charge in [0.15, 0.2) is 5.82 Å². The van der Waals surface area contributed by atoms with Crippen LogP contribution in [0.3, 0.4) is 0 Å². The Morgan fingerprint density at radius 3 is 2.94 bits per heavy atom. The van der Waals surface area contributed by atoms with E-state index in [1.807, 2.05) is 13.8 Å². The van der Waals surface area contributed by atoms with Crippen molar-refractivity contribution < 1.29 is 0 Å². The van der Waals surface area contributed by atoms with E-state index in [0.717, 1.165) is 13.1 Å². The highest BCUT2D eigenvalue weighted by atomic mass is 16.1. The Morgan fingerprint density at radius 1 is 1.56 bits per heavy atom. The fourth-order valence-electron chi connectivity index (χ4n) is 2.40. The van der Waals surface area contributed by atoms with Crippen LogP contribution in [-0.4, -0.2) is 40.6 Å². The quantitative estimate of drug-likeness (QED) is 0.876. The number of hydrogen-bond acceptors (Lipinski definition) is 4. The van der Waals surface area contributed by atoms with E-state index in [9.17, 15) is 4.79 Å². The van der Waals surface area contributed by atoms with Crippen LogP contribution in [0, 0.1) is 0 Å². The first-order valence-corrected chi connectivity index (χ1v) is 6.61. The monoisotopic (exact) mass is 250 g/mol. The van der Waals surface area contributed by atoms with Crippen LogP contribution in [0.4, 0.5) is 5.82 Å². The largest absolute Gasteiger partial charge is 0.364 e. The van der Waals surface area contributed by atoms with Crippen LogP contribution in [0.25, 0.3) is 0 Å². The summed E-state index contributed by atoms with van der Waals surface area (Å²) in [6.45, 7) is 5.93. The second-order valence-corrected chi connectivity index (χ2v) is 5.24. The van der Waals surface area contributed by atoms with Gasteiger partial charge >= 0.3 is 0 Å². The zero-order valence-corrected chi connectivity index (χ0v) is 11.4. The van der Waals surface area contributed by atoms with Gasteiger partial charge in [0.25, 0.3) is 5.56 Å². The molecule has 2 rings (SSSR count). The average molecular weight is 250 g/mol. The minimum absolute atomic E-state index is 0.0341. The van der Waals surface area contributed by atoms with Gasteiger partial charge in [0.1, 0.15) is 0 Å². The third-order valence-electron chi connectivity index (χ3n) is 3.60. The van der Waals surface area contributed by atoms with Crippen LogP contribution in [0.2, 0.25) is 0 Å². The van der Waals surface area contributed by atoms with Crippen LogP contribution in [-0.2, 0) is 0 Å². The van der Waals surface area contributed by atoms with E-state index in [-0.39, 0.29) is 11.6 Å². The Morgan fingerprint density at radius 2 is 2.33 bits per heavy atom. The molecule has 1 aliphatic heterocycles. The van der Waals surface area contributed by atoms with Crippen molar-refractivity contribution in [1.82, 2.24) is 14.5 Å². The van der Waals surface area contributed by atoms with Gasteiger partial charge in [-0.05, 0) is 40.3 Å². The third-order valence-corrected chi connectivity index (χ3v) is 3.60. The summed E-state index contributed by atoms with van der Waals surface area (Å²) in [6.07, 6.45) is 5.85. The summed E-state index contributed by atoms with van der Waals surface area (Å²) in [5.41, 5.74) is -0.0341. The van der Waals surface area contributed by atoms with E-state index in [1.165, 1.54) is 12.8 Å². The average Bonchev–Trinajstić information content (AvgIpc) is 2.73. The summed E-state index contributed by atoms with van der Waals surface area (Å²) in [5, 5.41) is 3.19. The maximum atomic E-state index is 12.1. The summed E-state index contributed by atoms with van der Waals surface area (Å²) in [6, 6.07) is 0.675. The van der Waals surface area contributed by atoms with Gasteiger partial charge in [-0.15, -0.1) is 0 Å². The molecule has 1 fully saturated rings. The van der Waals surface area contributed by atoms with Gasteiger partial charge in [-0.1, -0.05) is 0 Å². The first-order chi connectivity index (χ1) is 8.59. The number of nitrogens with one attached hydrogen (secondary N) is 1. The highest BCUT2D eigenvalue weighted by Crippen LogP contribution is 2.14. The fraction of sp³-hybridized carbons (Fsp3) is 0.692. The molecule has 5 heteroatoms. The zero-order chi connectivity index (χ0) is 13.1. The molecule has 0 aromatic carbocycles. The Kier molecular flexibility index (Phi) is 4.01. The van der Waals surface area contributed by atoms with E-state index in [1.54, 1.807) is 17.0 Å². The minimum atomic E-state index is -0.0341. The van der Waals surface area contributed by atoms with Crippen molar-refractivity contribution in [2.45, 2.75) is 38.8 Å².